The van der Waals surface area contributed by atoms with E-state index in [1.807, 2.05) is 0 Å². The van der Waals surface area contributed by atoms with Crippen molar-refractivity contribution in [1.82, 2.24) is 0 Å². The van der Waals surface area contributed by atoms with Crippen molar-refractivity contribution in [2.24, 2.45) is 0 Å². The van der Waals surface area contributed by atoms with E-state index in [1.54, 1.807) is 0 Å². The number of hydrogen-bond acceptors (Lipinski definition) is 6. The third kappa shape index (κ3) is 64.3. The Hall–Kier alpha value is -4.45. The Balaban J connectivity index is 4.20. The van der Waals surface area contributed by atoms with Gasteiger partial charge in [0.2, 0.25) is 0 Å². The highest BCUT2D eigenvalue weighted by Gasteiger charge is 2.19. The van der Waals surface area contributed by atoms with Gasteiger partial charge in [-0.25, -0.2) is 0 Å². The Morgan fingerprint density at radius 1 is 0.266 bits per heavy atom. The summed E-state index contributed by atoms with van der Waals surface area (Å²) in [5.74, 6) is -0.916. The molecule has 79 heavy (non-hydrogen) atoms. The Morgan fingerprint density at radius 3 is 0.835 bits per heavy atom. The molecule has 0 heterocycles. The molecule has 0 saturated heterocycles. The molecule has 0 aliphatic carbocycles. The highest BCUT2D eigenvalue weighted by molar-refractivity contribution is 5.71. The Morgan fingerprint density at radius 2 is 0.519 bits per heavy atom. The molecule has 0 amide bonds. The summed E-state index contributed by atoms with van der Waals surface area (Å²) in [5, 5.41) is 0. The van der Waals surface area contributed by atoms with E-state index >= 15 is 0 Å². The lowest BCUT2D eigenvalue weighted by Gasteiger charge is -2.18. The minimum absolute atomic E-state index is 0.0904. The number of rotatable bonds is 58. The van der Waals surface area contributed by atoms with Gasteiger partial charge >= 0.3 is 17.9 Å². The predicted molar refractivity (Wildman–Crippen MR) is 343 cm³/mol. The second kappa shape index (κ2) is 66.1. The molecule has 0 rings (SSSR count). The van der Waals surface area contributed by atoms with Gasteiger partial charge in [0.15, 0.2) is 6.10 Å². The molecule has 0 aromatic heterocycles. The van der Waals surface area contributed by atoms with Gasteiger partial charge in [-0.1, -0.05) is 270 Å². The molecule has 0 aliphatic rings. The van der Waals surface area contributed by atoms with Gasteiger partial charge in [0, 0.05) is 19.3 Å². The van der Waals surface area contributed by atoms with Crippen molar-refractivity contribution >= 4 is 17.9 Å². The molecule has 0 N–H and O–H groups in total. The van der Waals surface area contributed by atoms with Crippen LogP contribution in [0.2, 0.25) is 0 Å². The van der Waals surface area contributed by atoms with Gasteiger partial charge in [0.1, 0.15) is 13.2 Å². The van der Waals surface area contributed by atoms with E-state index in [-0.39, 0.29) is 31.1 Å². The third-order valence-corrected chi connectivity index (χ3v) is 13.6. The van der Waals surface area contributed by atoms with Gasteiger partial charge < -0.3 is 14.2 Å². The van der Waals surface area contributed by atoms with Crippen LogP contribution in [0.15, 0.2) is 134 Å². The highest BCUT2D eigenvalue weighted by atomic mass is 16.6. The Kier molecular flexibility index (Phi) is 62.3. The molecule has 0 spiro atoms. The summed E-state index contributed by atoms with van der Waals surface area (Å²) in [4.78, 5) is 38.2. The molecule has 0 bridgehead atoms. The minimum Gasteiger partial charge on any atom is -0.462 e. The second-order valence-corrected chi connectivity index (χ2v) is 21.3. The van der Waals surface area contributed by atoms with Gasteiger partial charge in [-0.15, -0.1) is 0 Å². The van der Waals surface area contributed by atoms with Crippen molar-refractivity contribution < 1.29 is 28.6 Å². The minimum atomic E-state index is -0.793. The van der Waals surface area contributed by atoms with Crippen molar-refractivity contribution in [3.05, 3.63) is 134 Å². The lowest BCUT2D eigenvalue weighted by atomic mass is 10.1. The fourth-order valence-electron chi connectivity index (χ4n) is 8.73. The first kappa shape index (κ1) is 74.5. The summed E-state index contributed by atoms with van der Waals surface area (Å²) in [6, 6.07) is 0. The van der Waals surface area contributed by atoms with Crippen LogP contribution in [-0.4, -0.2) is 37.2 Å². The summed E-state index contributed by atoms with van der Waals surface area (Å²) in [7, 11) is 0. The van der Waals surface area contributed by atoms with Crippen molar-refractivity contribution in [1.29, 1.82) is 0 Å². The number of hydrogen-bond donors (Lipinski definition) is 0. The standard InChI is InChI=1S/C73H120O6/c1-4-7-10-13-16-19-22-25-26-27-28-29-30-31-32-33-34-35-36-37-38-39-40-41-42-43-44-45-46-49-51-54-57-60-63-66-72(75)78-69-70(79-73(76)67-64-61-58-55-52-48-24-21-18-15-12-9-6-3)68-77-71(74)65-62-59-56-53-50-47-23-20-17-14-11-8-5-2/h7,10,12,15-16,19-21,23-26,28-29,31-32,34-35,37-38,40-41,70H,4-6,8-9,11,13-14,17-18,22,27,30,33,36,39,42-69H2,1-3H3/b10-7-,15-12-,19-16-,23-20-,24-21-,26-25-,29-28-,32-31-,35-34-,38-37-,41-40-. The number of esters is 3. The molecule has 0 aromatic rings. The summed E-state index contributed by atoms with van der Waals surface area (Å²) in [6.07, 6.45) is 93.2. The van der Waals surface area contributed by atoms with Crippen molar-refractivity contribution in [2.45, 2.75) is 297 Å². The van der Waals surface area contributed by atoms with Crippen LogP contribution in [0.1, 0.15) is 290 Å². The van der Waals surface area contributed by atoms with E-state index in [1.165, 1.54) is 96.3 Å². The van der Waals surface area contributed by atoms with Crippen LogP contribution in [0, 0.1) is 0 Å². The van der Waals surface area contributed by atoms with Crippen LogP contribution in [0.3, 0.4) is 0 Å². The van der Waals surface area contributed by atoms with Gasteiger partial charge in [-0.2, -0.15) is 0 Å². The summed E-state index contributed by atoms with van der Waals surface area (Å²) in [6.45, 7) is 6.43. The van der Waals surface area contributed by atoms with Crippen LogP contribution in [0.4, 0.5) is 0 Å². The van der Waals surface area contributed by atoms with Crippen LogP contribution in [-0.2, 0) is 28.6 Å². The fourth-order valence-corrected chi connectivity index (χ4v) is 8.73. The van der Waals surface area contributed by atoms with E-state index in [0.717, 1.165) is 154 Å². The van der Waals surface area contributed by atoms with Crippen LogP contribution >= 0.6 is 0 Å². The van der Waals surface area contributed by atoms with Gasteiger partial charge in [-0.05, 0) is 135 Å². The van der Waals surface area contributed by atoms with Crippen molar-refractivity contribution in [3.63, 3.8) is 0 Å². The number of ether oxygens (including phenoxy) is 3. The predicted octanol–water partition coefficient (Wildman–Crippen LogP) is 22.5. The van der Waals surface area contributed by atoms with Gasteiger partial charge in [-0.3, -0.25) is 14.4 Å². The molecule has 0 fully saturated rings. The number of unbranched alkanes of at least 4 members (excludes halogenated alkanes) is 25. The van der Waals surface area contributed by atoms with Gasteiger partial charge in [0.25, 0.3) is 0 Å². The molecule has 0 aromatic carbocycles. The van der Waals surface area contributed by atoms with E-state index in [0.29, 0.717) is 19.3 Å². The molecule has 1 unspecified atom stereocenters. The van der Waals surface area contributed by atoms with E-state index in [4.69, 9.17) is 14.2 Å². The zero-order valence-corrected chi connectivity index (χ0v) is 51.3. The molecule has 6 heteroatoms. The van der Waals surface area contributed by atoms with Crippen LogP contribution in [0.25, 0.3) is 0 Å². The number of allylic oxidation sites excluding steroid dienone is 22. The van der Waals surface area contributed by atoms with E-state index in [2.05, 4.69) is 154 Å². The Labute approximate surface area is 487 Å². The molecule has 0 saturated carbocycles. The zero-order valence-electron chi connectivity index (χ0n) is 51.3. The van der Waals surface area contributed by atoms with Crippen molar-refractivity contribution in [3.8, 4) is 0 Å². The fraction of sp³-hybridized carbons (Fsp3) is 0.658. The third-order valence-electron chi connectivity index (χ3n) is 13.6. The summed E-state index contributed by atoms with van der Waals surface area (Å²) >= 11 is 0. The molecule has 0 radical (unpaired) electrons. The first-order valence-corrected chi connectivity index (χ1v) is 32.7. The second-order valence-electron chi connectivity index (χ2n) is 21.3. The monoisotopic (exact) mass is 1090 g/mol. The summed E-state index contributed by atoms with van der Waals surface area (Å²) < 4.78 is 16.9. The average Bonchev–Trinajstić information content (AvgIpc) is 3.45. The lowest BCUT2D eigenvalue weighted by Crippen LogP contribution is -2.30. The summed E-state index contributed by atoms with van der Waals surface area (Å²) in [5.41, 5.74) is 0. The Bertz CT molecular complexity index is 1680. The van der Waals surface area contributed by atoms with Crippen molar-refractivity contribution in [2.75, 3.05) is 13.2 Å². The SMILES string of the molecule is CC/C=C\C/C=C\C/C=C\C/C=C\C/C=C\C/C=C\C/C=C\C/C=C\CCCCCCCCCCCCC(=O)OCC(COC(=O)CCCCCCC/C=C\CCCCCC)OC(=O)CCCCCCC/C=C\C/C=C\CCC. The maximum absolute atomic E-state index is 12.9. The largest absolute Gasteiger partial charge is 0.462 e. The average molecular weight is 1090 g/mol. The lowest BCUT2D eigenvalue weighted by molar-refractivity contribution is -0.167. The molecule has 448 valence electrons. The molecule has 1 atom stereocenters. The quantitative estimate of drug-likeness (QED) is 0.0261. The maximum atomic E-state index is 12.9. The van der Waals surface area contributed by atoms with Gasteiger partial charge in [0.05, 0.1) is 0 Å². The topological polar surface area (TPSA) is 78.9 Å². The van der Waals surface area contributed by atoms with Crippen LogP contribution < -0.4 is 0 Å². The highest BCUT2D eigenvalue weighted by Crippen LogP contribution is 2.15. The number of carbonyl (C=O) groups is 3. The van der Waals surface area contributed by atoms with E-state index < -0.39 is 6.10 Å². The normalized spacial score (nSPS) is 13.0. The molecular formula is C73H120O6. The smallest absolute Gasteiger partial charge is 0.306 e. The molecular weight excluding hydrogens is 973 g/mol. The zero-order chi connectivity index (χ0) is 57.1. The molecule has 6 nitrogen and oxygen atoms in total. The van der Waals surface area contributed by atoms with Crippen LogP contribution in [0.5, 0.6) is 0 Å². The van der Waals surface area contributed by atoms with E-state index in [9.17, 15) is 14.4 Å². The first-order chi connectivity index (χ1) is 39.0. The first-order valence-electron chi connectivity index (χ1n) is 32.7. The molecule has 0 aliphatic heterocycles. The maximum Gasteiger partial charge on any atom is 0.306 e. The number of carbonyl (C=O) groups excluding carboxylic acids is 3.